The van der Waals surface area contributed by atoms with Gasteiger partial charge in [0, 0.05) is 11.9 Å². The van der Waals surface area contributed by atoms with Crippen molar-refractivity contribution in [2.75, 3.05) is 0 Å². The highest BCUT2D eigenvalue weighted by Gasteiger charge is 2.20. The van der Waals surface area contributed by atoms with E-state index in [1.165, 1.54) is 5.56 Å². The second-order valence-electron chi connectivity index (χ2n) is 4.96. The maximum atomic E-state index is 6.31. The van der Waals surface area contributed by atoms with Crippen LogP contribution < -0.4 is 0 Å². The first-order valence-electron chi connectivity index (χ1n) is 6.37. The summed E-state index contributed by atoms with van der Waals surface area (Å²) in [6.45, 7) is 4.17. The smallest absolute Gasteiger partial charge is 0.0847 e. The number of alkyl halides is 1. The molecule has 1 heterocycles. The molecule has 2 aromatic rings. The van der Waals surface area contributed by atoms with Gasteiger partial charge in [-0.25, -0.2) is 0 Å². The molecule has 0 aliphatic carbocycles. The molecule has 0 aliphatic heterocycles. The Morgan fingerprint density at radius 3 is 2.47 bits per heavy atom. The van der Waals surface area contributed by atoms with Gasteiger partial charge in [0.15, 0.2) is 0 Å². The zero-order chi connectivity index (χ0) is 14.0. The quantitative estimate of drug-likeness (QED) is 0.737. The number of aromatic nitrogens is 2. The fourth-order valence-electron chi connectivity index (χ4n) is 2.28. The number of benzene rings is 1. The van der Waals surface area contributed by atoms with E-state index in [0.717, 1.165) is 22.8 Å². The molecule has 2 atom stereocenters. The predicted molar refractivity (Wildman–Crippen MR) is 83.9 cm³/mol. The zero-order valence-corrected chi connectivity index (χ0v) is 13.7. The average molecular weight is 342 g/mol. The van der Waals surface area contributed by atoms with E-state index in [2.05, 4.69) is 52.2 Å². The first kappa shape index (κ1) is 14.6. The molecule has 0 saturated heterocycles. The van der Waals surface area contributed by atoms with Gasteiger partial charge in [0.05, 0.1) is 16.4 Å². The Kier molecular flexibility index (Phi) is 4.69. The Bertz CT molecular complexity index is 551. The van der Waals surface area contributed by atoms with E-state index >= 15 is 0 Å². The summed E-state index contributed by atoms with van der Waals surface area (Å²) in [6, 6.07) is 10.5. The number of hydrogen-bond acceptors (Lipinski definition) is 1. The fourth-order valence-corrected chi connectivity index (χ4v) is 3.01. The Labute approximate surface area is 127 Å². The molecule has 0 radical (unpaired) electrons. The van der Waals surface area contributed by atoms with Crippen LogP contribution in [0.4, 0.5) is 0 Å². The van der Waals surface area contributed by atoms with Crippen molar-refractivity contribution in [3.63, 3.8) is 0 Å². The van der Waals surface area contributed by atoms with Crippen LogP contribution in [0.3, 0.4) is 0 Å². The number of rotatable bonds is 4. The lowest BCUT2D eigenvalue weighted by Gasteiger charge is -2.19. The molecule has 1 aromatic carbocycles. The summed E-state index contributed by atoms with van der Waals surface area (Å²) in [5.74, 6) is 0.440. The fraction of sp³-hybridized carbons (Fsp3) is 0.400. The molecule has 102 valence electrons. The molecule has 0 amide bonds. The van der Waals surface area contributed by atoms with Gasteiger partial charge in [-0.2, -0.15) is 5.10 Å². The van der Waals surface area contributed by atoms with Crippen LogP contribution in [-0.4, -0.2) is 9.78 Å². The van der Waals surface area contributed by atoms with Crippen molar-refractivity contribution in [2.45, 2.75) is 25.1 Å². The van der Waals surface area contributed by atoms with Gasteiger partial charge in [-0.1, -0.05) is 64.8 Å². The van der Waals surface area contributed by atoms with Crippen molar-refractivity contribution >= 4 is 27.5 Å². The number of nitrogens with zero attached hydrogens (tertiary/aromatic N) is 2. The minimum atomic E-state index is 0.319. The van der Waals surface area contributed by atoms with Crippen molar-refractivity contribution in [1.29, 1.82) is 0 Å². The summed E-state index contributed by atoms with van der Waals surface area (Å²) >= 11 is 10.1. The van der Waals surface area contributed by atoms with E-state index in [9.17, 15) is 0 Å². The second-order valence-corrected chi connectivity index (χ2v) is 6.33. The summed E-state index contributed by atoms with van der Waals surface area (Å²) in [7, 11) is 1.95. The lowest BCUT2D eigenvalue weighted by Crippen LogP contribution is -2.10. The minimum Gasteiger partial charge on any atom is -0.271 e. The first-order valence-corrected chi connectivity index (χ1v) is 7.67. The van der Waals surface area contributed by atoms with Crippen molar-refractivity contribution in [1.82, 2.24) is 9.78 Å². The SMILES string of the molecule is Cc1nn(C)c(CC(C)C(Br)c2ccccc2)c1Cl. The van der Waals surface area contributed by atoms with Gasteiger partial charge in [0.25, 0.3) is 0 Å². The molecule has 0 N–H and O–H groups in total. The molecular weight excluding hydrogens is 324 g/mol. The van der Waals surface area contributed by atoms with Crippen LogP contribution in [-0.2, 0) is 13.5 Å². The van der Waals surface area contributed by atoms with Crippen molar-refractivity contribution < 1.29 is 0 Å². The standard InChI is InChI=1S/C15H18BrClN2/c1-10(14(16)12-7-5-4-6-8-12)9-13-15(17)11(2)18-19(13)3/h4-8,10,14H,9H2,1-3H3. The molecule has 0 aliphatic rings. The zero-order valence-electron chi connectivity index (χ0n) is 11.4. The second kappa shape index (κ2) is 6.10. The summed E-state index contributed by atoms with van der Waals surface area (Å²) in [4.78, 5) is 0.319. The molecule has 2 nitrogen and oxygen atoms in total. The molecule has 4 heteroatoms. The van der Waals surface area contributed by atoms with Crippen molar-refractivity contribution in [3.05, 3.63) is 52.3 Å². The van der Waals surface area contributed by atoms with Crippen molar-refractivity contribution in [3.8, 4) is 0 Å². The van der Waals surface area contributed by atoms with Crippen LogP contribution in [0.25, 0.3) is 0 Å². The maximum absolute atomic E-state index is 6.31. The van der Waals surface area contributed by atoms with Crippen LogP contribution in [0.1, 0.15) is 28.7 Å². The van der Waals surface area contributed by atoms with Gasteiger partial charge < -0.3 is 0 Å². The van der Waals surface area contributed by atoms with Crippen LogP contribution in [0, 0.1) is 12.8 Å². The van der Waals surface area contributed by atoms with Crippen LogP contribution in [0.15, 0.2) is 30.3 Å². The molecule has 19 heavy (non-hydrogen) atoms. The third-order valence-corrected chi connectivity index (χ3v) is 5.32. The number of aryl methyl sites for hydroxylation is 2. The Hall–Kier alpha value is -0.800. The third kappa shape index (κ3) is 3.21. The molecule has 0 saturated carbocycles. The highest BCUT2D eigenvalue weighted by molar-refractivity contribution is 9.09. The Balaban J connectivity index is 2.15. The predicted octanol–water partition coefficient (Wildman–Crippen LogP) is 4.70. The summed E-state index contributed by atoms with van der Waals surface area (Å²) in [6.07, 6.45) is 0.904. The number of hydrogen-bond donors (Lipinski definition) is 0. The van der Waals surface area contributed by atoms with Gasteiger partial charge in [-0.05, 0) is 24.8 Å². The monoisotopic (exact) mass is 340 g/mol. The van der Waals surface area contributed by atoms with Gasteiger partial charge >= 0.3 is 0 Å². The summed E-state index contributed by atoms with van der Waals surface area (Å²) < 4.78 is 1.89. The molecule has 0 bridgehead atoms. The van der Waals surface area contributed by atoms with Gasteiger partial charge in [0.1, 0.15) is 0 Å². The number of halogens is 2. The molecular formula is C15H18BrClN2. The van der Waals surface area contributed by atoms with Gasteiger partial charge in [-0.3, -0.25) is 4.68 Å². The third-order valence-electron chi connectivity index (χ3n) is 3.39. The average Bonchev–Trinajstić information content (AvgIpc) is 2.65. The van der Waals surface area contributed by atoms with E-state index in [1.54, 1.807) is 0 Å². The van der Waals surface area contributed by atoms with E-state index in [4.69, 9.17) is 11.6 Å². The van der Waals surface area contributed by atoms with E-state index in [1.807, 2.05) is 24.7 Å². The Morgan fingerprint density at radius 2 is 1.95 bits per heavy atom. The van der Waals surface area contributed by atoms with E-state index < -0.39 is 0 Å². The minimum absolute atomic E-state index is 0.319. The lowest BCUT2D eigenvalue weighted by atomic mass is 9.96. The molecule has 0 spiro atoms. The molecule has 0 fully saturated rings. The normalized spacial score (nSPS) is 14.4. The Morgan fingerprint density at radius 1 is 1.32 bits per heavy atom. The van der Waals surface area contributed by atoms with E-state index in [-0.39, 0.29) is 0 Å². The molecule has 2 rings (SSSR count). The summed E-state index contributed by atoms with van der Waals surface area (Å²) in [5, 5.41) is 5.16. The van der Waals surface area contributed by atoms with Crippen LogP contribution >= 0.6 is 27.5 Å². The van der Waals surface area contributed by atoms with Crippen molar-refractivity contribution in [2.24, 2.45) is 13.0 Å². The van der Waals surface area contributed by atoms with E-state index in [0.29, 0.717) is 10.7 Å². The maximum Gasteiger partial charge on any atom is 0.0847 e. The largest absolute Gasteiger partial charge is 0.271 e. The summed E-state index contributed by atoms with van der Waals surface area (Å²) in [5.41, 5.74) is 3.30. The van der Waals surface area contributed by atoms with Crippen LogP contribution in [0.2, 0.25) is 5.02 Å². The van der Waals surface area contributed by atoms with Crippen LogP contribution in [0.5, 0.6) is 0 Å². The molecule has 1 aromatic heterocycles. The van der Waals surface area contributed by atoms with Gasteiger partial charge in [0.2, 0.25) is 0 Å². The van der Waals surface area contributed by atoms with Gasteiger partial charge in [-0.15, -0.1) is 0 Å². The highest BCUT2D eigenvalue weighted by atomic mass is 79.9. The topological polar surface area (TPSA) is 17.8 Å². The first-order chi connectivity index (χ1) is 9.00. The molecule has 2 unspecified atom stereocenters. The lowest BCUT2D eigenvalue weighted by molar-refractivity contribution is 0.542. The highest BCUT2D eigenvalue weighted by Crippen LogP contribution is 2.34.